The van der Waals surface area contributed by atoms with Crippen LogP contribution in [0.2, 0.25) is 0 Å². The minimum absolute atomic E-state index is 0.0508. The highest BCUT2D eigenvalue weighted by atomic mass is 79.9. The Labute approximate surface area is 710 Å². The zero-order chi connectivity index (χ0) is 88.7. The minimum Gasteiger partial charge on any atom is -0.444 e. The fourth-order valence-electron chi connectivity index (χ4n) is 9.88. The standard InChI is InChI=1S/C24H28N2O6.C24H30N2O5.C16H10N2O3.C14H8Br2O2.C14H12N2O2/c1-23(2,3)31-21(29)25-17-11-7-15(8-12-17)19(27)20(28)16-9-13-18(14-10-16)26-22(30)32-24(4,5)6;1-23(2,3)30-21(28)25-18-11-7-16(8-12-18)15-20(27)17-9-13-19(14-10-17)26-22(29)31-24(4,5)6;17-10-21-15-7-3-13(4-8-15)16(20)9-12-1-5-14(6-2-12)18-11-19;2*15-11-5-1-9(2-6-11)13(17)14(18)10-3-7-12(16)8-4-10/h7-14H,1-6H3,(H,25,29)(H,26,30);7-14H,15H2,1-6H3,(H,25,28)(H,26,29);1-8H,9H2;1-8H;1-8H,15-16H2. The quantitative estimate of drug-likeness (QED) is 0.00740. The topological polar surface area (TPSA) is 404 Å². The molecular formula is C92H88Br2N8O18. The lowest BCUT2D eigenvalue weighted by Gasteiger charge is -2.19. The number of rotatable bonds is 21. The lowest BCUT2D eigenvalue weighted by Crippen LogP contribution is -2.27. The van der Waals surface area contributed by atoms with E-state index in [2.05, 4.69) is 62.9 Å². The summed E-state index contributed by atoms with van der Waals surface area (Å²) in [6.45, 7) is 21.2. The first-order chi connectivity index (χ1) is 56.4. The SMILES string of the molecule is CC(C)(C)OC(=O)Nc1ccc(C(=O)C(=O)c2ccc(NC(=O)OC(C)(C)C)cc2)cc1.CC(C)(C)OC(=O)Nc1ccc(CC(=O)c2ccc(NC(=O)OC(C)(C)C)cc2)cc1.N#COc1ccc(C(=O)Cc2ccc(N=C=O)cc2)cc1.Nc1ccc(C(=O)C(=O)c2ccc(N)cc2)cc1.O=C(C(=O)c1ccc(Br)cc1)c1ccc(Br)cc1. The van der Waals surface area contributed by atoms with Crippen molar-refractivity contribution in [3.8, 4) is 12.0 Å². The molecule has 4 amide bonds. The molecule has 28 heteroatoms. The molecule has 0 saturated carbocycles. The molecule has 10 aromatic carbocycles. The number of carbonyl (C=O) groups is 12. The Morgan fingerprint density at radius 2 is 0.542 bits per heavy atom. The molecule has 0 aliphatic heterocycles. The first-order valence-corrected chi connectivity index (χ1v) is 38.3. The van der Waals surface area contributed by atoms with E-state index in [1.54, 1.807) is 259 Å². The Kier molecular flexibility index (Phi) is 34.9. The van der Waals surface area contributed by atoms with Crippen molar-refractivity contribution in [2.75, 3.05) is 32.7 Å². The van der Waals surface area contributed by atoms with Crippen LogP contribution in [0.1, 0.15) is 177 Å². The predicted molar refractivity (Wildman–Crippen MR) is 464 cm³/mol. The van der Waals surface area contributed by atoms with Crippen molar-refractivity contribution in [3.63, 3.8) is 0 Å². The molecule has 26 nitrogen and oxygen atoms in total. The number of ketones is 8. The average Bonchev–Trinajstić information content (AvgIpc) is 0.850. The van der Waals surface area contributed by atoms with E-state index in [1.807, 2.05) is 0 Å². The van der Waals surface area contributed by atoms with Crippen LogP contribution in [0.5, 0.6) is 5.75 Å². The third-order valence-corrected chi connectivity index (χ3v) is 16.5. The van der Waals surface area contributed by atoms with Crippen LogP contribution >= 0.6 is 31.9 Å². The molecule has 0 heterocycles. The summed E-state index contributed by atoms with van der Waals surface area (Å²) < 4.78 is 27.1. The van der Waals surface area contributed by atoms with Crippen LogP contribution in [-0.4, -0.2) is 99.1 Å². The second-order valence-electron chi connectivity index (χ2n) is 30.0. The molecule has 10 rings (SSSR count). The van der Waals surface area contributed by atoms with Gasteiger partial charge in [-0.2, -0.15) is 4.99 Å². The number of nitrogens with one attached hydrogen (secondary N) is 4. The number of carbonyl (C=O) groups excluding carboxylic acids is 13. The van der Waals surface area contributed by atoms with Crippen LogP contribution in [0.25, 0.3) is 0 Å². The van der Waals surface area contributed by atoms with Gasteiger partial charge in [-0.25, -0.2) is 24.0 Å². The summed E-state index contributed by atoms with van der Waals surface area (Å²) >= 11 is 6.57. The lowest BCUT2D eigenvalue weighted by atomic mass is 10.0. The van der Waals surface area contributed by atoms with Gasteiger partial charge in [0.2, 0.25) is 40.8 Å². The van der Waals surface area contributed by atoms with Crippen molar-refractivity contribution in [1.82, 2.24) is 0 Å². The van der Waals surface area contributed by atoms with Crippen molar-refractivity contribution in [2.45, 2.75) is 118 Å². The first kappa shape index (κ1) is 94.7. The zero-order valence-corrected chi connectivity index (χ0v) is 70.8. The molecule has 10 aromatic rings. The van der Waals surface area contributed by atoms with Crippen LogP contribution in [-0.2, 0) is 36.6 Å². The van der Waals surface area contributed by atoms with E-state index in [0.29, 0.717) is 78.9 Å². The van der Waals surface area contributed by atoms with E-state index in [1.165, 1.54) is 78.9 Å². The fourth-order valence-corrected chi connectivity index (χ4v) is 10.4. The number of nitrogen functional groups attached to an aromatic ring is 2. The number of hydrogen-bond donors (Lipinski definition) is 6. The van der Waals surface area contributed by atoms with E-state index in [9.17, 15) is 62.3 Å². The van der Waals surface area contributed by atoms with E-state index < -0.39 is 81.5 Å². The predicted octanol–water partition coefficient (Wildman–Crippen LogP) is 20.4. The maximum atomic E-state index is 12.6. The molecular weight excluding hydrogens is 1660 g/mol. The van der Waals surface area contributed by atoms with Gasteiger partial charge in [-0.05, 0) is 313 Å². The van der Waals surface area contributed by atoms with Crippen molar-refractivity contribution >= 4 is 148 Å². The van der Waals surface area contributed by atoms with Crippen molar-refractivity contribution in [3.05, 3.63) is 307 Å². The number of nitrogens with zero attached hydrogens (tertiary/aromatic N) is 2. The van der Waals surface area contributed by atoms with Crippen LogP contribution in [0, 0.1) is 11.5 Å². The van der Waals surface area contributed by atoms with E-state index >= 15 is 0 Å². The second kappa shape index (κ2) is 44.3. The Balaban J connectivity index is 0.000000237. The molecule has 618 valence electrons. The highest BCUT2D eigenvalue weighted by Crippen LogP contribution is 2.24. The van der Waals surface area contributed by atoms with Crippen LogP contribution < -0.4 is 37.5 Å². The Morgan fingerprint density at radius 3 is 0.783 bits per heavy atom. The average molecular weight is 1750 g/mol. The Hall–Kier alpha value is -14.1. The Bertz CT molecular complexity index is 5070. The minimum atomic E-state index is -0.693. The number of aliphatic imine (C=N–C) groups is 1. The van der Waals surface area contributed by atoms with Gasteiger partial charge in [0.05, 0.1) is 5.69 Å². The van der Waals surface area contributed by atoms with Crippen LogP contribution in [0.15, 0.2) is 257 Å². The number of benzene rings is 10. The van der Waals surface area contributed by atoms with Gasteiger partial charge in [0.1, 0.15) is 28.2 Å². The Morgan fingerprint density at radius 1 is 0.325 bits per heavy atom. The number of Topliss-reactive ketones (excluding diaryl/α,β-unsaturated/α-hetero) is 8. The molecule has 0 aromatic heterocycles. The smallest absolute Gasteiger partial charge is 0.412 e. The summed E-state index contributed by atoms with van der Waals surface area (Å²) in [4.78, 5) is 158. The number of ether oxygens (including phenoxy) is 5. The maximum absolute atomic E-state index is 12.6. The van der Waals surface area contributed by atoms with Crippen molar-refractivity contribution in [2.24, 2.45) is 4.99 Å². The van der Waals surface area contributed by atoms with Gasteiger partial charge in [-0.1, -0.05) is 56.1 Å². The summed E-state index contributed by atoms with van der Waals surface area (Å²) in [6.07, 6.45) is 1.16. The molecule has 8 N–H and O–H groups in total. The molecule has 120 heavy (non-hydrogen) atoms. The normalized spacial score (nSPS) is 10.6. The molecule has 0 atom stereocenters. The lowest BCUT2D eigenvalue weighted by molar-refractivity contribution is 0.0624. The second-order valence-corrected chi connectivity index (χ2v) is 31.8. The first-order valence-electron chi connectivity index (χ1n) is 36.7. The van der Waals surface area contributed by atoms with Crippen molar-refractivity contribution in [1.29, 1.82) is 5.26 Å². The maximum Gasteiger partial charge on any atom is 0.412 e. The van der Waals surface area contributed by atoms with Gasteiger partial charge in [0, 0.05) is 100 Å². The highest BCUT2D eigenvalue weighted by molar-refractivity contribution is 9.10. The third kappa shape index (κ3) is 34.0. The molecule has 0 radical (unpaired) electrons. The number of hydrogen-bond acceptors (Lipinski definition) is 22. The summed E-state index contributed by atoms with van der Waals surface area (Å²) in [5, 5.41) is 18.8. The molecule has 0 spiro atoms. The van der Waals surface area contributed by atoms with Gasteiger partial charge >= 0.3 is 24.4 Å². The fraction of sp³-hybridized carbons (Fsp3) is 0.196. The summed E-state index contributed by atoms with van der Waals surface area (Å²) in [7, 11) is 0. The third-order valence-electron chi connectivity index (χ3n) is 15.4. The number of anilines is 6. The summed E-state index contributed by atoms with van der Waals surface area (Å²) in [5.41, 5.74) is 16.7. The van der Waals surface area contributed by atoms with Gasteiger partial charge in [0.25, 0.3) is 6.26 Å². The molecule has 0 fully saturated rings. The van der Waals surface area contributed by atoms with Gasteiger partial charge < -0.3 is 35.2 Å². The summed E-state index contributed by atoms with van der Waals surface area (Å²) in [5.74, 6) is -3.20. The van der Waals surface area contributed by atoms with E-state index in [-0.39, 0.29) is 35.5 Å². The number of nitriles is 1. The molecule has 0 aliphatic rings. The van der Waals surface area contributed by atoms with Crippen molar-refractivity contribution < 1.29 is 86.0 Å². The zero-order valence-electron chi connectivity index (χ0n) is 67.7. The largest absolute Gasteiger partial charge is 0.444 e. The molecule has 0 saturated heterocycles. The van der Waals surface area contributed by atoms with Crippen LogP contribution in [0.4, 0.5) is 59.0 Å². The monoisotopic (exact) mass is 1750 g/mol. The molecule has 0 bridgehead atoms. The van der Waals surface area contributed by atoms with Gasteiger partial charge in [-0.3, -0.25) is 59.6 Å². The van der Waals surface area contributed by atoms with Gasteiger partial charge in [-0.15, -0.1) is 5.26 Å². The number of amides is 4. The number of halogens is 2. The molecule has 0 unspecified atom stereocenters. The van der Waals surface area contributed by atoms with Crippen LogP contribution in [0.3, 0.4) is 0 Å². The molecule has 0 aliphatic carbocycles. The van der Waals surface area contributed by atoms with E-state index in [0.717, 1.165) is 20.1 Å². The summed E-state index contributed by atoms with van der Waals surface area (Å²) in [6, 6.07) is 64.6. The highest BCUT2D eigenvalue weighted by Gasteiger charge is 2.25. The van der Waals surface area contributed by atoms with E-state index in [4.69, 9.17) is 35.7 Å². The van der Waals surface area contributed by atoms with Gasteiger partial charge in [0.15, 0.2) is 11.6 Å². The number of isocyanates is 1. The number of nitrogens with two attached hydrogens (primary N) is 2.